The summed E-state index contributed by atoms with van der Waals surface area (Å²) in [6, 6.07) is 14.6. The zero-order valence-electron chi connectivity index (χ0n) is 11.7. The van der Waals surface area contributed by atoms with E-state index in [9.17, 15) is 0 Å². The SMILES string of the molecule is COc1ccc(COCc2ccc(OB(O)O)cc2)cc1. The van der Waals surface area contributed by atoms with Crippen LogP contribution < -0.4 is 9.39 Å². The molecule has 0 fully saturated rings. The second kappa shape index (κ2) is 7.68. The van der Waals surface area contributed by atoms with E-state index >= 15 is 0 Å². The van der Waals surface area contributed by atoms with Gasteiger partial charge in [-0.3, -0.25) is 0 Å². The first-order chi connectivity index (χ1) is 10.2. The van der Waals surface area contributed by atoms with E-state index in [0.29, 0.717) is 19.0 Å². The summed E-state index contributed by atoms with van der Waals surface area (Å²) in [5.41, 5.74) is 2.04. The van der Waals surface area contributed by atoms with Crippen molar-refractivity contribution in [1.82, 2.24) is 0 Å². The van der Waals surface area contributed by atoms with Crippen LogP contribution in [-0.4, -0.2) is 24.5 Å². The summed E-state index contributed by atoms with van der Waals surface area (Å²) >= 11 is 0. The van der Waals surface area contributed by atoms with Gasteiger partial charge in [0, 0.05) is 0 Å². The van der Waals surface area contributed by atoms with E-state index in [-0.39, 0.29) is 0 Å². The van der Waals surface area contributed by atoms with Crippen LogP contribution in [0.1, 0.15) is 11.1 Å². The number of benzene rings is 2. The van der Waals surface area contributed by atoms with Crippen molar-refractivity contribution in [1.29, 1.82) is 0 Å². The Balaban J connectivity index is 1.79. The molecule has 0 saturated heterocycles. The summed E-state index contributed by atoms with van der Waals surface area (Å²) in [5.74, 6) is 1.21. The Morgan fingerprint density at radius 2 is 1.29 bits per heavy atom. The minimum absolute atomic E-state index is 0.393. The number of hydrogen-bond acceptors (Lipinski definition) is 5. The normalized spacial score (nSPS) is 10.2. The fourth-order valence-electron chi connectivity index (χ4n) is 1.79. The molecule has 6 heteroatoms. The van der Waals surface area contributed by atoms with Crippen molar-refractivity contribution < 1.29 is 24.2 Å². The van der Waals surface area contributed by atoms with E-state index in [2.05, 4.69) is 0 Å². The third-order valence-corrected chi connectivity index (χ3v) is 2.86. The number of methoxy groups -OCH3 is 1. The van der Waals surface area contributed by atoms with Crippen LogP contribution in [0.2, 0.25) is 0 Å². The van der Waals surface area contributed by atoms with Gasteiger partial charge in [-0.2, -0.15) is 0 Å². The highest BCUT2D eigenvalue weighted by Crippen LogP contribution is 2.15. The highest BCUT2D eigenvalue weighted by atomic mass is 16.6. The quantitative estimate of drug-likeness (QED) is 0.760. The Morgan fingerprint density at radius 1 is 0.810 bits per heavy atom. The van der Waals surface area contributed by atoms with Gasteiger partial charge in [-0.25, -0.2) is 0 Å². The van der Waals surface area contributed by atoms with Gasteiger partial charge in [0.15, 0.2) is 0 Å². The summed E-state index contributed by atoms with van der Waals surface area (Å²) in [6.07, 6.45) is 0. The Kier molecular flexibility index (Phi) is 5.63. The average molecular weight is 288 g/mol. The van der Waals surface area contributed by atoms with Crippen molar-refractivity contribution in [2.75, 3.05) is 7.11 Å². The van der Waals surface area contributed by atoms with E-state index < -0.39 is 7.32 Å². The van der Waals surface area contributed by atoms with Crippen LogP contribution in [-0.2, 0) is 18.0 Å². The second-order valence-electron chi connectivity index (χ2n) is 4.43. The maximum atomic E-state index is 8.68. The average Bonchev–Trinajstić information content (AvgIpc) is 2.49. The Morgan fingerprint density at radius 3 is 1.71 bits per heavy atom. The monoisotopic (exact) mass is 288 g/mol. The molecule has 0 aliphatic heterocycles. The molecule has 5 nitrogen and oxygen atoms in total. The molecule has 110 valence electrons. The predicted octanol–water partition coefficient (Wildman–Crippen LogP) is 1.76. The lowest BCUT2D eigenvalue weighted by atomic mass is 10.2. The highest BCUT2D eigenvalue weighted by Gasteiger charge is 2.10. The van der Waals surface area contributed by atoms with E-state index in [1.165, 1.54) is 0 Å². The van der Waals surface area contributed by atoms with Gasteiger partial charge in [0.2, 0.25) is 0 Å². The fourth-order valence-corrected chi connectivity index (χ4v) is 1.79. The van der Waals surface area contributed by atoms with Gasteiger partial charge in [-0.1, -0.05) is 24.3 Å². The maximum Gasteiger partial charge on any atom is 0.707 e. The molecule has 2 rings (SSSR count). The third-order valence-electron chi connectivity index (χ3n) is 2.86. The van der Waals surface area contributed by atoms with E-state index in [0.717, 1.165) is 16.9 Å². The standard InChI is InChI=1S/C15H17BO5/c1-19-14-6-2-12(3-7-14)10-20-11-13-4-8-15(9-5-13)21-16(17)18/h2-9,17-18H,10-11H2,1H3. The Bertz CT molecular complexity index is 539. The molecular weight excluding hydrogens is 271 g/mol. The van der Waals surface area contributed by atoms with Gasteiger partial charge in [0.1, 0.15) is 11.5 Å². The van der Waals surface area contributed by atoms with Gasteiger partial charge in [-0.05, 0) is 35.4 Å². The van der Waals surface area contributed by atoms with Crippen LogP contribution in [0.5, 0.6) is 11.5 Å². The van der Waals surface area contributed by atoms with Crippen LogP contribution in [0.15, 0.2) is 48.5 Å². The number of rotatable bonds is 7. The van der Waals surface area contributed by atoms with Crippen LogP contribution >= 0.6 is 0 Å². The van der Waals surface area contributed by atoms with Crippen molar-refractivity contribution in [3.05, 3.63) is 59.7 Å². The maximum absolute atomic E-state index is 8.68. The van der Waals surface area contributed by atoms with Crippen LogP contribution in [0.3, 0.4) is 0 Å². The van der Waals surface area contributed by atoms with Crippen molar-refractivity contribution in [3.8, 4) is 11.5 Å². The minimum atomic E-state index is -1.80. The molecule has 2 N–H and O–H groups in total. The molecule has 0 saturated carbocycles. The van der Waals surface area contributed by atoms with Gasteiger partial charge >= 0.3 is 7.32 Å². The molecule has 2 aromatic carbocycles. The molecule has 0 aliphatic rings. The van der Waals surface area contributed by atoms with Gasteiger partial charge in [0.25, 0.3) is 0 Å². The van der Waals surface area contributed by atoms with Crippen molar-refractivity contribution >= 4 is 7.32 Å². The molecule has 0 bridgehead atoms. The molecule has 2 aromatic rings. The zero-order chi connectivity index (χ0) is 15.1. The first-order valence-electron chi connectivity index (χ1n) is 6.50. The lowest BCUT2D eigenvalue weighted by molar-refractivity contribution is 0.107. The largest absolute Gasteiger partial charge is 0.707 e. The third kappa shape index (κ3) is 5.11. The molecule has 0 heterocycles. The molecule has 0 aromatic heterocycles. The Labute approximate surface area is 123 Å². The summed E-state index contributed by atoms with van der Waals surface area (Å²) < 4.78 is 15.4. The molecule has 0 spiro atoms. The van der Waals surface area contributed by atoms with Crippen LogP contribution in [0.25, 0.3) is 0 Å². The highest BCUT2D eigenvalue weighted by molar-refractivity contribution is 6.33. The van der Waals surface area contributed by atoms with Gasteiger partial charge in [0.05, 0.1) is 20.3 Å². The smallest absolute Gasteiger partial charge is 0.512 e. The minimum Gasteiger partial charge on any atom is -0.512 e. The lowest BCUT2D eigenvalue weighted by Gasteiger charge is -2.07. The van der Waals surface area contributed by atoms with Crippen molar-refractivity contribution in [2.24, 2.45) is 0 Å². The van der Waals surface area contributed by atoms with E-state index in [1.54, 1.807) is 19.2 Å². The number of hydrogen-bond donors (Lipinski definition) is 2. The van der Waals surface area contributed by atoms with Gasteiger partial charge < -0.3 is 24.2 Å². The summed E-state index contributed by atoms with van der Waals surface area (Å²) in [7, 11) is -0.170. The topological polar surface area (TPSA) is 68.2 Å². The molecular formula is C15H17BO5. The molecule has 0 amide bonds. The van der Waals surface area contributed by atoms with Crippen LogP contribution in [0, 0.1) is 0 Å². The molecule has 0 unspecified atom stereocenters. The lowest BCUT2D eigenvalue weighted by Crippen LogP contribution is -2.20. The Hall–Kier alpha value is -2.02. The van der Waals surface area contributed by atoms with E-state index in [4.69, 9.17) is 24.2 Å². The van der Waals surface area contributed by atoms with Crippen molar-refractivity contribution in [2.45, 2.75) is 13.2 Å². The number of ether oxygens (including phenoxy) is 2. The molecule has 0 aliphatic carbocycles. The molecule has 0 atom stereocenters. The summed E-state index contributed by atoms with van der Waals surface area (Å²) in [4.78, 5) is 0. The van der Waals surface area contributed by atoms with Crippen LogP contribution in [0.4, 0.5) is 0 Å². The fraction of sp³-hybridized carbons (Fsp3) is 0.200. The second-order valence-corrected chi connectivity index (χ2v) is 4.43. The van der Waals surface area contributed by atoms with Crippen molar-refractivity contribution in [3.63, 3.8) is 0 Å². The summed E-state index contributed by atoms with van der Waals surface area (Å²) in [6.45, 7) is 0.978. The van der Waals surface area contributed by atoms with Gasteiger partial charge in [-0.15, -0.1) is 0 Å². The summed E-state index contributed by atoms with van der Waals surface area (Å²) in [5, 5.41) is 17.4. The first kappa shape index (κ1) is 15.4. The predicted molar refractivity (Wildman–Crippen MR) is 78.7 cm³/mol. The zero-order valence-corrected chi connectivity index (χ0v) is 11.7. The first-order valence-corrected chi connectivity index (χ1v) is 6.50. The molecule has 21 heavy (non-hydrogen) atoms. The molecule has 0 radical (unpaired) electrons. The van der Waals surface area contributed by atoms with E-state index in [1.807, 2.05) is 36.4 Å².